The monoisotopic (exact) mass is 148 g/mol. The standard InChI is InChI=1S/C5H10NO2S/c6-3-4-1-2-9-5(4,7)8/h4,6-8H,1-3H2. The number of rotatable bonds is 1. The van der Waals surface area contributed by atoms with Crippen LogP contribution in [-0.4, -0.2) is 27.6 Å². The fraction of sp³-hybridized carbons (Fsp3) is 1.00. The highest BCUT2D eigenvalue weighted by atomic mass is 32.2. The van der Waals surface area contributed by atoms with Crippen LogP contribution in [0, 0.1) is 5.92 Å². The highest BCUT2D eigenvalue weighted by Crippen LogP contribution is 2.37. The second kappa shape index (κ2) is 2.46. The smallest absolute Gasteiger partial charge is 0.217 e. The highest BCUT2D eigenvalue weighted by Gasteiger charge is 2.39. The van der Waals surface area contributed by atoms with Crippen molar-refractivity contribution in [1.29, 1.82) is 0 Å². The Labute approximate surface area is 58.2 Å². The zero-order valence-electron chi connectivity index (χ0n) is 5.00. The summed E-state index contributed by atoms with van der Waals surface area (Å²) in [5, 5.41) is 16.5. The predicted octanol–water partition coefficient (Wildman–Crippen LogP) is -0.339. The summed E-state index contributed by atoms with van der Waals surface area (Å²) in [7, 11) is 0. The minimum Gasteiger partial charge on any atom is -0.357 e. The van der Waals surface area contributed by atoms with Gasteiger partial charge in [-0.15, -0.1) is 0 Å². The van der Waals surface area contributed by atoms with E-state index in [1.165, 1.54) is 0 Å². The molecular formula is C5H10NO2S. The van der Waals surface area contributed by atoms with Crippen molar-refractivity contribution in [3.63, 3.8) is 0 Å². The zero-order chi connectivity index (χ0) is 6.91. The van der Waals surface area contributed by atoms with E-state index in [2.05, 4.69) is 0 Å². The average Bonchev–Trinajstić information content (AvgIpc) is 2.08. The summed E-state index contributed by atoms with van der Waals surface area (Å²) in [6, 6.07) is 0. The predicted molar refractivity (Wildman–Crippen MR) is 35.7 cm³/mol. The van der Waals surface area contributed by atoms with E-state index in [0.29, 0.717) is 0 Å². The van der Waals surface area contributed by atoms with E-state index in [-0.39, 0.29) is 12.5 Å². The summed E-state index contributed by atoms with van der Waals surface area (Å²) < 4.78 is 0. The van der Waals surface area contributed by atoms with Gasteiger partial charge in [-0.2, -0.15) is 0 Å². The van der Waals surface area contributed by atoms with Gasteiger partial charge in [-0.1, -0.05) is 11.8 Å². The third kappa shape index (κ3) is 1.38. The van der Waals surface area contributed by atoms with Crippen molar-refractivity contribution in [3.05, 3.63) is 0 Å². The van der Waals surface area contributed by atoms with Gasteiger partial charge in [-0.05, 0) is 12.2 Å². The fourth-order valence-corrected chi connectivity index (χ4v) is 2.03. The van der Waals surface area contributed by atoms with E-state index in [0.717, 1.165) is 23.9 Å². The van der Waals surface area contributed by atoms with Crippen LogP contribution in [0.3, 0.4) is 0 Å². The number of hydrogen-bond donors (Lipinski definition) is 2. The van der Waals surface area contributed by atoms with Gasteiger partial charge >= 0.3 is 0 Å². The molecule has 1 rings (SSSR count). The Morgan fingerprint density at radius 2 is 2.33 bits per heavy atom. The molecule has 1 fully saturated rings. The van der Waals surface area contributed by atoms with Crippen LogP contribution >= 0.6 is 11.8 Å². The molecule has 1 radical (unpaired) electrons. The summed E-state index contributed by atoms with van der Waals surface area (Å²) >= 11 is 1.12. The lowest BCUT2D eigenvalue weighted by Crippen LogP contribution is -2.31. The second-order valence-electron chi connectivity index (χ2n) is 2.20. The minimum atomic E-state index is -1.61. The van der Waals surface area contributed by atoms with Crippen LogP contribution in [0.4, 0.5) is 0 Å². The van der Waals surface area contributed by atoms with Gasteiger partial charge in [0.15, 0.2) is 0 Å². The van der Waals surface area contributed by atoms with Crippen molar-refractivity contribution in [2.24, 2.45) is 5.92 Å². The van der Waals surface area contributed by atoms with Crippen LogP contribution < -0.4 is 5.73 Å². The molecule has 0 saturated carbocycles. The molecule has 3 N–H and O–H groups in total. The molecule has 0 amide bonds. The molecule has 4 heteroatoms. The molecule has 0 aromatic carbocycles. The molecule has 0 aromatic rings. The maximum absolute atomic E-state index is 9.05. The summed E-state index contributed by atoms with van der Waals surface area (Å²) in [5.74, 6) is 0.513. The van der Waals surface area contributed by atoms with Crippen LogP contribution in [0.15, 0.2) is 0 Å². The van der Waals surface area contributed by atoms with Crippen molar-refractivity contribution in [1.82, 2.24) is 5.73 Å². The van der Waals surface area contributed by atoms with Crippen molar-refractivity contribution in [2.75, 3.05) is 12.3 Å². The number of hydrogen-bond acceptors (Lipinski definition) is 3. The van der Waals surface area contributed by atoms with Gasteiger partial charge in [0.2, 0.25) is 5.12 Å². The van der Waals surface area contributed by atoms with Gasteiger partial charge in [-0.25, -0.2) is 0 Å². The molecule has 1 heterocycles. The van der Waals surface area contributed by atoms with E-state index in [9.17, 15) is 0 Å². The zero-order valence-corrected chi connectivity index (χ0v) is 5.82. The first-order valence-corrected chi connectivity index (χ1v) is 3.88. The van der Waals surface area contributed by atoms with Gasteiger partial charge in [-0.3, -0.25) is 5.73 Å². The van der Waals surface area contributed by atoms with E-state index in [1.54, 1.807) is 0 Å². The maximum Gasteiger partial charge on any atom is 0.217 e. The van der Waals surface area contributed by atoms with E-state index in [1.807, 2.05) is 0 Å². The highest BCUT2D eigenvalue weighted by molar-refractivity contribution is 8.00. The van der Waals surface area contributed by atoms with E-state index >= 15 is 0 Å². The van der Waals surface area contributed by atoms with Gasteiger partial charge in [0.25, 0.3) is 0 Å². The molecule has 53 valence electrons. The molecule has 0 aromatic heterocycles. The quantitative estimate of drug-likeness (QED) is 0.500. The Kier molecular flexibility index (Phi) is 2.00. The Morgan fingerprint density at radius 3 is 2.56 bits per heavy atom. The Bertz CT molecular complexity index is 107. The molecule has 1 unspecified atom stereocenters. The first-order chi connectivity index (χ1) is 4.17. The lowest BCUT2D eigenvalue weighted by molar-refractivity contribution is -0.110. The Morgan fingerprint density at radius 1 is 1.67 bits per heavy atom. The Hall–Kier alpha value is 0.230. The molecule has 0 bridgehead atoms. The maximum atomic E-state index is 9.05. The van der Waals surface area contributed by atoms with Crippen molar-refractivity contribution in [3.8, 4) is 0 Å². The molecule has 1 aliphatic heterocycles. The number of thioether (sulfide) groups is 1. The molecule has 0 aliphatic carbocycles. The lowest BCUT2D eigenvalue weighted by Gasteiger charge is -2.20. The van der Waals surface area contributed by atoms with E-state index in [4.69, 9.17) is 15.9 Å². The largest absolute Gasteiger partial charge is 0.357 e. The van der Waals surface area contributed by atoms with Crippen LogP contribution in [-0.2, 0) is 0 Å². The summed E-state index contributed by atoms with van der Waals surface area (Å²) in [4.78, 5) is 0. The van der Waals surface area contributed by atoms with Crippen molar-refractivity contribution in [2.45, 2.75) is 11.5 Å². The molecular weight excluding hydrogens is 138 g/mol. The topological polar surface area (TPSA) is 64.3 Å². The molecule has 1 saturated heterocycles. The number of nitrogens with one attached hydrogen (secondary N) is 1. The van der Waals surface area contributed by atoms with Crippen molar-refractivity contribution < 1.29 is 10.2 Å². The summed E-state index contributed by atoms with van der Waals surface area (Å²) in [5.41, 5.74) is 6.92. The number of aliphatic hydroxyl groups is 2. The lowest BCUT2D eigenvalue weighted by atomic mass is 10.1. The Balaban J connectivity index is 2.52. The average molecular weight is 148 g/mol. The third-order valence-corrected chi connectivity index (χ3v) is 2.76. The second-order valence-corrected chi connectivity index (χ2v) is 3.49. The minimum absolute atomic E-state index is 0.111. The van der Waals surface area contributed by atoms with Gasteiger partial charge in [0, 0.05) is 12.5 Å². The fourth-order valence-electron chi connectivity index (χ4n) is 0.892. The molecule has 0 spiro atoms. The van der Waals surface area contributed by atoms with Crippen LogP contribution in [0.25, 0.3) is 0 Å². The molecule has 1 atom stereocenters. The SMILES string of the molecule is [NH]CC1CCSC1(O)O. The normalized spacial score (nSPS) is 33.0. The first kappa shape index (κ1) is 7.34. The van der Waals surface area contributed by atoms with Crippen LogP contribution in [0.2, 0.25) is 0 Å². The molecule has 3 nitrogen and oxygen atoms in total. The van der Waals surface area contributed by atoms with Crippen molar-refractivity contribution >= 4 is 11.8 Å². The van der Waals surface area contributed by atoms with Crippen LogP contribution in [0.5, 0.6) is 0 Å². The summed E-state index contributed by atoms with van der Waals surface area (Å²) in [6.45, 7) is 0.111. The third-order valence-electron chi connectivity index (χ3n) is 1.56. The summed E-state index contributed by atoms with van der Waals surface area (Å²) in [6.07, 6.45) is 0.751. The molecule has 1 aliphatic rings. The van der Waals surface area contributed by atoms with Gasteiger partial charge in [0.1, 0.15) is 0 Å². The van der Waals surface area contributed by atoms with E-state index < -0.39 is 5.12 Å². The van der Waals surface area contributed by atoms with Gasteiger partial charge in [0.05, 0.1) is 0 Å². The van der Waals surface area contributed by atoms with Gasteiger partial charge < -0.3 is 10.2 Å². The first-order valence-electron chi connectivity index (χ1n) is 2.90. The van der Waals surface area contributed by atoms with Crippen LogP contribution in [0.1, 0.15) is 6.42 Å². The molecule has 9 heavy (non-hydrogen) atoms.